The normalized spacial score (nSPS) is 13.1. The molecule has 0 fully saturated rings. The Bertz CT molecular complexity index is 465. The third-order valence-electron chi connectivity index (χ3n) is 2.71. The fourth-order valence-electron chi connectivity index (χ4n) is 1.48. The molecule has 2 heterocycles. The quantitative estimate of drug-likeness (QED) is 0.856. The topological polar surface area (TPSA) is 45.1 Å². The molecule has 0 spiro atoms. The van der Waals surface area contributed by atoms with E-state index in [1.165, 1.54) is 9.75 Å². The summed E-state index contributed by atoms with van der Waals surface area (Å²) in [5.41, 5.74) is 0. The molecule has 2 aromatic heterocycles. The van der Waals surface area contributed by atoms with Gasteiger partial charge < -0.3 is 10.4 Å². The Morgan fingerprint density at radius 3 is 2.94 bits per heavy atom. The number of nitrogens with one attached hydrogen (secondary N) is 1. The molecule has 0 radical (unpaired) electrons. The average Bonchev–Trinajstić information content (AvgIpc) is 2.98. The lowest BCUT2D eigenvalue weighted by Crippen LogP contribution is -2.29. The summed E-state index contributed by atoms with van der Waals surface area (Å²) in [6, 6.07) is 4.13. The Morgan fingerprint density at radius 2 is 2.28 bits per heavy atom. The molecular formula is C13H18N2OS2. The van der Waals surface area contributed by atoms with Gasteiger partial charge in [0.1, 0.15) is 5.01 Å². The molecule has 2 N–H and O–H groups in total. The summed E-state index contributed by atoms with van der Waals surface area (Å²) < 4.78 is 0. The van der Waals surface area contributed by atoms with E-state index in [0.717, 1.165) is 11.6 Å². The zero-order valence-electron chi connectivity index (χ0n) is 10.6. The zero-order chi connectivity index (χ0) is 13.0. The van der Waals surface area contributed by atoms with Crippen molar-refractivity contribution in [3.63, 3.8) is 0 Å². The number of aliphatic hydroxyl groups is 1. The molecule has 0 aliphatic heterocycles. The summed E-state index contributed by atoms with van der Waals surface area (Å²) in [6.07, 6.45) is 1.63. The lowest BCUT2D eigenvalue weighted by molar-refractivity contribution is 0.123. The second-order valence-electron chi connectivity index (χ2n) is 4.55. The van der Waals surface area contributed by atoms with Gasteiger partial charge in [-0.05, 0) is 17.4 Å². The highest BCUT2D eigenvalue weighted by Gasteiger charge is 2.09. The Kier molecular flexibility index (Phi) is 4.88. The van der Waals surface area contributed by atoms with Gasteiger partial charge in [0, 0.05) is 24.2 Å². The number of thiazole rings is 1. The van der Waals surface area contributed by atoms with Crippen molar-refractivity contribution in [3.8, 4) is 9.88 Å². The highest BCUT2D eigenvalue weighted by atomic mass is 32.1. The van der Waals surface area contributed by atoms with Crippen LogP contribution in [0.25, 0.3) is 9.88 Å². The van der Waals surface area contributed by atoms with E-state index in [1.54, 1.807) is 22.7 Å². The van der Waals surface area contributed by atoms with E-state index >= 15 is 0 Å². The van der Waals surface area contributed by atoms with E-state index in [9.17, 15) is 5.11 Å². The summed E-state index contributed by atoms with van der Waals surface area (Å²) in [4.78, 5) is 6.84. The minimum atomic E-state index is -0.283. The van der Waals surface area contributed by atoms with Crippen molar-refractivity contribution in [1.29, 1.82) is 0 Å². The monoisotopic (exact) mass is 282 g/mol. The second-order valence-corrected chi connectivity index (χ2v) is 6.61. The van der Waals surface area contributed by atoms with Crippen LogP contribution in [0, 0.1) is 5.92 Å². The largest absolute Gasteiger partial charge is 0.392 e. The van der Waals surface area contributed by atoms with E-state index in [1.807, 2.05) is 26.1 Å². The minimum absolute atomic E-state index is 0.283. The molecular weight excluding hydrogens is 264 g/mol. The molecule has 2 aromatic rings. The molecule has 0 saturated heterocycles. The van der Waals surface area contributed by atoms with Crippen LogP contribution in [-0.2, 0) is 6.54 Å². The van der Waals surface area contributed by atoms with Crippen LogP contribution >= 0.6 is 22.7 Å². The summed E-state index contributed by atoms with van der Waals surface area (Å²) in [5, 5.41) is 16.1. The van der Waals surface area contributed by atoms with Crippen LogP contribution in [0.5, 0.6) is 0 Å². The molecule has 5 heteroatoms. The van der Waals surface area contributed by atoms with Crippen LogP contribution in [-0.4, -0.2) is 22.7 Å². The number of nitrogens with zero attached hydrogens (tertiary/aromatic N) is 1. The Morgan fingerprint density at radius 1 is 1.44 bits per heavy atom. The van der Waals surface area contributed by atoms with Gasteiger partial charge in [0.05, 0.1) is 11.0 Å². The molecule has 2 rings (SSSR count). The van der Waals surface area contributed by atoms with Gasteiger partial charge in [0.2, 0.25) is 0 Å². The first-order valence-corrected chi connectivity index (χ1v) is 7.74. The smallest absolute Gasteiger partial charge is 0.133 e. The Hall–Kier alpha value is -0.750. The molecule has 1 unspecified atom stereocenters. The number of hydrogen-bond donors (Lipinski definition) is 2. The van der Waals surface area contributed by atoms with E-state index in [-0.39, 0.29) is 6.10 Å². The van der Waals surface area contributed by atoms with Crippen LogP contribution in [0.4, 0.5) is 0 Å². The fraction of sp³-hybridized carbons (Fsp3) is 0.462. The van der Waals surface area contributed by atoms with Crippen LogP contribution < -0.4 is 5.32 Å². The van der Waals surface area contributed by atoms with Gasteiger partial charge in [-0.1, -0.05) is 19.9 Å². The standard InChI is InChI=1S/C13H18N2OS2/c1-9(2)11(16)8-14-6-10-7-15-13(18-10)12-4-3-5-17-12/h3-5,7,9,11,14,16H,6,8H2,1-2H3. The van der Waals surface area contributed by atoms with Crippen molar-refractivity contribution in [2.75, 3.05) is 6.54 Å². The van der Waals surface area contributed by atoms with E-state index in [0.29, 0.717) is 12.5 Å². The van der Waals surface area contributed by atoms with Crippen molar-refractivity contribution in [1.82, 2.24) is 10.3 Å². The summed E-state index contributed by atoms with van der Waals surface area (Å²) in [7, 11) is 0. The SMILES string of the molecule is CC(C)C(O)CNCc1cnc(-c2cccs2)s1. The van der Waals surface area contributed by atoms with Crippen LogP contribution in [0.3, 0.4) is 0 Å². The molecule has 1 atom stereocenters. The molecule has 0 saturated carbocycles. The molecule has 18 heavy (non-hydrogen) atoms. The van der Waals surface area contributed by atoms with E-state index in [2.05, 4.69) is 21.7 Å². The van der Waals surface area contributed by atoms with Gasteiger partial charge in [-0.15, -0.1) is 22.7 Å². The number of rotatable bonds is 6. The third-order valence-corrected chi connectivity index (χ3v) is 4.74. The average molecular weight is 282 g/mol. The molecule has 0 amide bonds. The summed E-state index contributed by atoms with van der Waals surface area (Å²) >= 11 is 3.42. The second kappa shape index (κ2) is 6.43. The number of aliphatic hydroxyl groups excluding tert-OH is 1. The lowest BCUT2D eigenvalue weighted by atomic mass is 10.1. The summed E-state index contributed by atoms with van der Waals surface area (Å²) in [5.74, 6) is 0.292. The minimum Gasteiger partial charge on any atom is -0.392 e. The first-order chi connectivity index (χ1) is 8.66. The molecule has 3 nitrogen and oxygen atoms in total. The van der Waals surface area contributed by atoms with Crippen LogP contribution in [0.1, 0.15) is 18.7 Å². The molecule has 0 aromatic carbocycles. The molecule has 0 aliphatic rings. The lowest BCUT2D eigenvalue weighted by Gasteiger charge is -2.14. The predicted molar refractivity (Wildman–Crippen MR) is 78.0 cm³/mol. The predicted octanol–water partition coefficient (Wildman–Crippen LogP) is 2.98. The van der Waals surface area contributed by atoms with Crippen LogP contribution in [0.2, 0.25) is 0 Å². The van der Waals surface area contributed by atoms with Crippen molar-refractivity contribution in [2.24, 2.45) is 5.92 Å². The third kappa shape index (κ3) is 3.62. The van der Waals surface area contributed by atoms with Gasteiger partial charge in [0.25, 0.3) is 0 Å². The van der Waals surface area contributed by atoms with Crippen LogP contribution in [0.15, 0.2) is 23.7 Å². The maximum Gasteiger partial charge on any atom is 0.133 e. The maximum absolute atomic E-state index is 9.69. The van der Waals surface area contributed by atoms with Gasteiger partial charge >= 0.3 is 0 Å². The fourth-order valence-corrected chi connectivity index (χ4v) is 3.17. The van der Waals surface area contributed by atoms with Gasteiger partial charge in [-0.25, -0.2) is 4.98 Å². The Labute approximate surface area is 116 Å². The van der Waals surface area contributed by atoms with Gasteiger partial charge in [-0.3, -0.25) is 0 Å². The molecule has 98 valence electrons. The highest BCUT2D eigenvalue weighted by Crippen LogP contribution is 2.28. The number of thiophene rings is 1. The number of aromatic nitrogens is 1. The van der Waals surface area contributed by atoms with E-state index < -0.39 is 0 Å². The van der Waals surface area contributed by atoms with Crippen molar-refractivity contribution >= 4 is 22.7 Å². The van der Waals surface area contributed by atoms with Crippen molar-refractivity contribution in [2.45, 2.75) is 26.5 Å². The van der Waals surface area contributed by atoms with Gasteiger partial charge in [-0.2, -0.15) is 0 Å². The first kappa shape index (κ1) is 13.7. The first-order valence-electron chi connectivity index (χ1n) is 6.04. The van der Waals surface area contributed by atoms with Crippen molar-refractivity contribution < 1.29 is 5.11 Å². The number of hydrogen-bond acceptors (Lipinski definition) is 5. The highest BCUT2D eigenvalue weighted by molar-refractivity contribution is 7.20. The zero-order valence-corrected chi connectivity index (χ0v) is 12.2. The molecule has 0 aliphatic carbocycles. The Balaban J connectivity index is 1.84. The maximum atomic E-state index is 9.69. The van der Waals surface area contributed by atoms with Crippen molar-refractivity contribution in [3.05, 3.63) is 28.6 Å². The van der Waals surface area contributed by atoms with E-state index in [4.69, 9.17) is 0 Å². The van der Waals surface area contributed by atoms with Gasteiger partial charge in [0.15, 0.2) is 0 Å². The molecule has 0 bridgehead atoms. The summed E-state index contributed by atoms with van der Waals surface area (Å²) in [6.45, 7) is 5.44.